The summed E-state index contributed by atoms with van der Waals surface area (Å²) in [6.07, 6.45) is 0. The average Bonchev–Trinajstić information content (AvgIpc) is 2.16. The van der Waals surface area contributed by atoms with Crippen molar-refractivity contribution in [3.05, 3.63) is 34.9 Å². The van der Waals surface area contributed by atoms with Gasteiger partial charge in [-0.1, -0.05) is 22.0 Å². The molecule has 0 aliphatic heterocycles. The lowest BCUT2D eigenvalue weighted by Crippen LogP contribution is -2.06. The molecule has 4 nitrogen and oxygen atoms in total. The highest BCUT2D eigenvalue weighted by molar-refractivity contribution is 9.09. The first-order valence-electron chi connectivity index (χ1n) is 4.18. The van der Waals surface area contributed by atoms with Crippen molar-refractivity contribution in [3.63, 3.8) is 0 Å². The number of aromatic carboxylic acids is 2. The van der Waals surface area contributed by atoms with Crippen LogP contribution in [0.5, 0.6) is 0 Å². The van der Waals surface area contributed by atoms with Crippen LogP contribution >= 0.6 is 15.9 Å². The molecule has 1 rings (SSSR count). The van der Waals surface area contributed by atoms with Crippen LogP contribution in [0, 0.1) is 0 Å². The minimum atomic E-state index is -1.13. The molecule has 1 aromatic rings. The molecule has 0 fully saturated rings. The Bertz CT molecular complexity index is 412. The highest BCUT2D eigenvalue weighted by Gasteiger charge is 2.16. The van der Waals surface area contributed by atoms with Gasteiger partial charge in [0.1, 0.15) is 0 Å². The minimum Gasteiger partial charge on any atom is -0.478 e. The zero-order valence-electron chi connectivity index (χ0n) is 7.90. The maximum atomic E-state index is 10.9. The summed E-state index contributed by atoms with van der Waals surface area (Å²) >= 11 is 3.25. The molecule has 80 valence electrons. The highest BCUT2D eigenvalue weighted by Crippen LogP contribution is 2.26. The van der Waals surface area contributed by atoms with Crippen molar-refractivity contribution in [3.8, 4) is 0 Å². The van der Waals surface area contributed by atoms with Crippen LogP contribution in [0.15, 0.2) is 18.2 Å². The Morgan fingerprint density at radius 2 is 1.87 bits per heavy atom. The van der Waals surface area contributed by atoms with Crippen molar-refractivity contribution in [2.24, 2.45) is 0 Å². The summed E-state index contributed by atoms with van der Waals surface area (Å²) in [4.78, 5) is 21.4. The third-order valence-electron chi connectivity index (χ3n) is 1.96. The zero-order chi connectivity index (χ0) is 11.6. The second-order valence-electron chi connectivity index (χ2n) is 3.03. The minimum absolute atomic E-state index is 0.0132. The standard InChI is InChI=1S/C10H9BrO4/c1-5(11)7-3-2-6(9(12)13)4-8(7)10(14)15/h2-5H,1H3,(H,12,13)(H,14,15). The van der Waals surface area contributed by atoms with Crippen LogP contribution in [0.25, 0.3) is 0 Å². The van der Waals surface area contributed by atoms with Gasteiger partial charge in [-0.25, -0.2) is 9.59 Å². The molecule has 0 saturated carbocycles. The van der Waals surface area contributed by atoms with E-state index in [-0.39, 0.29) is 16.0 Å². The molecule has 0 spiro atoms. The van der Waals surface area contributed by atoms with Crippen LogP contribution in [-0.4, -0.2) is 22.2 Å². The van der Waals surface area contributed by atoms with Crippen molar-refractivity contribution in [2.45, 2.75) is 11.8 Å². The number of halogens is 1. The predicted molar refractivity (Wildman–Crippen MR) is 57.7 cm³/mol. The molecule has 0 aliphatic carbocycles. The van der Waals surface area contributed by atoms with Crippen LogP contribution in [0.1, 0.15) is 38.0 Å². The molecule has 0 amide bonds. The molecular formula is C10H9BrO4. The summed E-state index contributed by atoms with van der Waals surface area (Å²) in [6.45, 7) is 1.78. The molecule has 0 aliphatic rings. The Morgan fingerprint density at radius 1 is 1.27 bits per heavy atom. The number of carboxylic acid groups (broad SMARTS) is 2. The molecule has 0 aromatic heterocycles. The molecular weight excluding hydrogens is 264 g/mol. The quantitative estimate of drug-likeness (QED) is 0.830. The lowest BCUT2D eigenvalue weighted by Gasteiger charge is -2.08. The average molecular weight is 273 g/mol. The van der Waals surface area contributed by atoms with Crippen molar-refractivity contribution in [1.82, 2.24) is 0 Å². The molecule has 1 aromatic carbocycles. The van der Waals surface area contributed by atoms with E-state index in [1.54, 1.807) is 6.92 Å². The zero-order valence-corrected chi connectivity index (χ0v) is 9.48. The summed E-state index contributed by atoms with van der Waals surface area (Å²) in [6, 6.07) is 4.06. The van der Waals surface area contributed by atoms with E-state index in [9.17, 15) is 9.59 Å². The van der Waals surface area contributed by atoms with E-state index >= 15 is 0 Å². The molecule has 1 unspecified atom stereocenters. The second kappa shape index (κ2) is 4.44. The van der Waals surface area contributed by atoms with E-state index in [1.807, 2.05) is 0 Å². The summed E-state index contributed by atoms with van der Waals surface area (Å²) in [5.41, 5.74) is 0.552. The Labute approximate surface area is 94.7 Å². The molecule has 2 N–H and O–H groups in total. The first-order chi connectivity index (χ1) is 6.93. The fraction of sp³-hybridized carbons (Fsp3) is 0.200. The molecule has 1 atom stereocenters. The summed E-state index contributed by atoms with van der Waals surface area (Å²) < 4.78 is 0. The predicted octanol–water partition coefficient (Wildman–Crippen LogP) is 2.54. The van der Waals surface area contributed by atoms with Gasteiger partial charge < -0.3 is 10.2 Å². The van der Waals surface area contributed by atoms with Crippen LogP contribution in [0.3, 0.4) is 0 Å². The van der Waals surface area contributed by atoms with Gasteiger partial charge in [-0.2, -0.15) is 0 Å². The SMILES string of the molecule is CC(Br)c1ccc(C(=O)O)cc1C(=O)O. The second-order valence-corrected chi connectivity index (χ2v) is 4.40. The summed E-state index contributed by atoms with van der Waals surface area (Å²) in [5, 5.41) is 17.6. The Balaban J connectivity index is 3.33. The van der Waals surface area contributed by atoms with Gasteiger partial charge in [0, 0.05) is 4.83 Å². The molecule has 0 bridgehead atoms. The van der Waals surface area contributed by atoms with Gasteiger partial charge in [-0.05, 0) is 24.6 Å². The molecule has 0 saturated heterocycles. The number of carbonyl (C=O) groups is 2. The third kappa shape index (κ3) is 2.56. The van der Waals surface area contributed by atoms with E-state index in [4.69, 9.17) is 10.2 Å². The van der Waals surface area contributed by atoms with Crippen molar-refractivity contribution >= 4 is 27.9 Å². The van der Waals surface area contributed by atoms with Crippen molar-refractivity contribution in [1.29, 1.82) is 0 Å². The number of alkyl halides is 1. The largest absolute Gasteiger partial charge is 0.478 e. The number of carboxylic acids is 2. The maximum Gasteiger partial charge on any atom is 0.336 e. The van der Waals surface area contributed by atoms with Gasteiger partial charge in [0.25, 0.3) is 0 Å². The number of hydrogen-bond donors (Lipinski definition) is 2. The number of benzene rings is 1. The smallest absolute Gasteiger partial charge is 0.336 e. The van der Waals surface area contributed by atoms with Gasteiger partial charge in [0.15, 0.2) is 0 Å². The van der Waals surface area contributed by atoms with Gasteiger partial charge in [0.05, 0.1) is 11.1 Å². The first kappa shape index (κ1) is 11.7. The number of hydrogen-bond acceptors (Lipinski definition) is 2. The van der Waals surface area contributed by atoms with Gasteiger partial charge >= 0.3 is 11.9 Å². The van der Waals surface area contributed by atoms with Gasteiger partial charge in [-0.15, -0.1) is 0 Å². The molecule has 0 radical (unpaired) electrons. The Morgan fingerprint density at radius 3 is 2.27 bits per heavy atom. The van der Waals surface area contributed by atoms with E-state index in [0.29, 0.717) is 5.56 Å². The van der Waals surface area contributed by atoms with Crippen molar-refractivity contribution in [2.75, 3.05) is 0 Å². The third-order valence-corrected chi connectivity index (χ3v) is 2.45. The molecule has 0 heterocycles. The van der Waals surface area contributed by atoms with E-state index in [0.717, 1.165) is 6.07 Å². The Hall–Kier alpha value is -1.36. The fourth-order valence-electron chi connectivity index (χ4n) is 1.22. The van der Waals surface area contributed by atoms with Crippen LogP contribution in [-0.2, 0) is 0 Å². The van der Waals surface area contributed by atoms with Crippen LogP contribution < -0.4 is 0 Å². The normalized spacial score (nSPS) is 12.1. The van der Waals surface area contributed by atoms with Gasteiger partial charge in [0.2, 0.25) is 0 Å². The Kier molecular flexibility index (Phi) is 3.47. The summed E-state index contributed by atoms with van der Waals surface area (Å²) in [7, 11) is 0. The number of rotatable bonds is 3. The highest BCUT2D eigenvalue weighted by atomic mass is 79.9. The van der Waals surface area contributed by atoms with Crippen LogP contribution in [0.4, 0.5) is 0 Å². The summed E-state index contributed by atoms with van der Waals surface area (Å²) in [5.74, 6) is -2.26. The van der Waals surface area contributed by atoms with Crippen molar-refractivity contribution < 1.29 is 19.8 Å². The van der Waals surface area contributed by atoms with E-state index < -0.39 is 11.9 Å². The fourth-order valence-corrected chi connectivity index (χ4v) is 1.62. The maximum absolute atomic E-state index is 10.9. The lowest BCUT2D eigenvalue weighted by molar-refractivity contribution is 0.0695. The lowest BCUT2D eigenvalue weighted by atomic mass is 10.0. The monoisotopic (exact) mass is 272 g/mol. The van der Waals surface area contributed by atoms with E-state index in [1.165, 1.54) is 12.1 Å². The topological polar surface area (TPSA) is 74.6 Å². The molecule has 5 heteroatoms. The van der Waals surface area contributed by atoms with E-state index in [2.05, 4.69) is 15.9 Å². The van der Waals surface area contributed by atoms with Crippen LogP contribution in [0.2, 0.25) is 0 Å². The molecule has 15 heavy (non-hydrogen) atoms. The first-order valence-corrected chi connectivity index (χ1v) is 5.09. The van der Waals surface area contributed by atoms with Gasteiger partial charge in [-0.3, -0.25) is 0 Å².